The van der Waals surface area contributed by atoms with Gasteiger partial charge in [0, 0.05) is 18.3 Å². The zero-order valence-electron chi connectivity index (χ0n) is 15.3. The van der Waals surface area contributed by atoms with E-state index in [1.165, 1.54) is 18.7 Å². The van der Waals surface area contributed by atoms with Crippen LogP contribution in [0.4, 0.5) is 0 Å². The van der Waals surface area contributed by atoms with Crippen LogP contribution in [0, 0.1) is 11.8 Å². The Morgan fingerprint density at radius 3 is 2.36 bits per heavy atom. The molecule has 0 rings (SSSR count). The maximum Gasteiger partial charge on any atom is 0.389 e. The molecule has 0 spiro atoms. The summed E-state index contributed by atoms with van der Waals surface area (Å²) in [5, 5.41) is 0. The number of aliphatic imine (C=N–C) groups is 2. The van der Waals surface area contributed by atoms with E-state index in [0.717, 1.165) is 12.8 Å². The van der Waals surface area contributed by atoms with E-state index in [2.05, 4.69) is 21.8 Å². The quantitative estimate of drug-likeness (QED) is 0.210. The molecule has 0 aliphatic carbocycles. The topological polar surface area (TPSA) is 77.3 Å². The predicted octanol–water partition coefficient (Wildman–Crippen LogP) is 3.58. The Morgan fingerprint density at radius 1 is 1.04 bits per heavy atom. The molecule has 0 aliphatic heterocycles. The van der Waals surface area contributed by atoms with Gasteiger partial charge in [0.15, 0.2) is 0 Å². The minimum Gasteiger partial charge on any atom is -0.431 e. The van der Waals surface area contributed by atoms with Crippen LogP contribution in [0.2, 0.25) is 0 Å². The molecule has 0 amide bonds. The van der Waals surface area contributed by atoms with Gasteiger partial charge in [0.2, 0.25) is 0 Å². The minimum atomic E-state index is -1.82. The molecule has 136 valence electrons. The van der Waals surface area contributed by atoms with Crippen molar-refractivity contribution < 1.29 is 19.1 Å². The summed E-state index contributed by atoms with van der Waals surface area (Å²) >= 11 is 0. The van der Waals surface area contributed by atoms with Crippen LogP contribution in [0.15, 0.2) is 34.7 Å². The summed E-state index contributed by atoms with van der Waals surface area (Å²) in [6.45, 7) is 7.44. The summed E-state index contributed by atoms with van der Waals surface area (Å²) in [5.74, 6) is 3.17. The van der Waals surface area contributed by atoms with Crippen molar-refractivity contribution in [2.75, 3.05) is 0 Å². The average Bonchev–Trinajstić information content (AvgIpc) is 2.62. The number of rotatable bonds is 9. The first-order chi connectivity index (χ1) is 12.1. The molecule has 0 saturated heterocycles. The van der Waals surface area contributed by atoms with Crippen molar-refractivity contribution in [3.8, 4) is 11.8 Å². The van der Waals surface area contributed by atoms with Crippen LogP contribution in [-0.2, 0) is 19.1 Å². The molecule has 0 saturated carbocycles. The van der Waals surface area contributed by atoms with E-state index >= 15 is 0 Å². The molecular weight excluding hydrogens is 320 g/mol. The molecule has 0 heterocycles. The van der Waals surface area contributed by atoms with Gasteiger partial charge in [0.1, 0.15) is 0 Å². The van der Waals surface area contributed by atoms with Gasteiger partial charge in [-0.1, -0.05) is 33.3 Å². The van der Waals surface area contributed by atoms with Crippen molar-refractivity contribution in [3.63, 3.8) is 0 Å². The van der Waals surface area contributed by atoms with Crippen LogP contribution in [0.5, 0.6) is 0 Å². The molecule has 0 bridgehead atoms. The molecular formula is C19H26N2O4. The summed E-state index contributed by atoms with van der Waals surface area (Å²) in [6, 6.07) is 0. The largest absolute Gasteiger partial charge is 0.431 e. The lowest BCUT2D eigenvalue weighted by atomic mass is 10.2. The molecule has 6 nitrogen and oxygen atoms in total. The standard InChI is InChI=1S/C19H26N2O4/c1-5-9-14-21-19(20-13-7-3,18(23)25-15-8-4)12-11-17(22)24-16-10-6-2/h8,10,13-16H,5-7,9H2,1-4H3. The Bertz CT molecular complexity index is 594. The Labute approximate surface area is 149 Å². The Hall–Kier alpha value is -2.68. The third kappa shape index (κ3) is 9.26. The average molecular weight is 346 g/mol. The molecule has 0 fully saturated rings. The zero-order valence-corrected chi connectivity index (χ0v) is 15.3. The molecule has 0 aromatic rings. The minimum absolute atomic E-state index is 0.577. The molecule has 0 N–H and O–H groups in total. The number of esters is 2. The summed E-state index contributed by atoms with van der Waals surface area (Å²) in [5.41, 5.74) is -1.82. The second-order valence-electron chi connectivity index (χ2n) is 4.80. The molecule has 0 aromatic heterocycles. The lowest BCUT2D eigenvalue weighted by Gasteiger charge is -2.16. The van der Waals surface area contributed by atoms with E-state index in [4.69, 9.17) is 9.47 Å². The van der Waals surface area contributed by atoms with Gasteiger partial charge in [-0.3, -0.25) is 0 Å². The van der Waals surface area contributed by atoms with E-state index in [9.17, 15) is 9.59 Å². The maximum atomic E-state index is 12.4. The summed E-state index contributed by atoms with van der Waals surface area (Å²) in [4.78, 5) is 32.4. The highest BCUT2D eigenvalue weighted by Gasteiger charge is 2.37. The molecule has 0 radical (unpaired) electrons. The first kappa shape index (κ1) is 22.3. The molecule has 0 aromatic carbocycles. The fraction of sp³-hybridized carbons (Fsp3) is 0.474. The highest BCUT2D eigenvalue weighted by atomic mass is 16.5. The van der Waals surface area contributed by atoms with Crippen LogP contribution in [0.1, 0.15) is 53.4 Å². The third-order valence-corrected chi connectivity index (χ3v) is 2.60. The number of carbonyl (C=O) groups excluding carboxylic acids is 2. The van der Waals surface area contributed by atoms with Crippen LogP contribution in [0.3, 0.4) is 0 Å². The van der Waals surface area contributed by atoms with Crippen molar-refractivity contribution in [3.05, 3.63) is 24.7 Å². The van der Waals surface area contributed by atoms with Crippen molar-refractivity contribution >= 4 is 24.4 Å². The first-order valence-electron chi connectivity index (χ1n) is 8.34. The maximum absolute atomic E-state index is 12.4. The van der Waals surface area contributed by atoms with Crippen LogP contribution in [0.25, 0.3) is 0 Å². The first-order valence-corrected chi connectivity index (χ1v) is 8.34. The second kappa shape index (κ2) is 13.7. The number of nitrogens with zero attached hydrogens (tertiary/aromatic N) is 2. The molecule has 1 atom stereocenters. The monoisotopic (exact) mass is 346 g/mol. The van der Waals surface area contributed by atoms with Gasteiger partial charge in [-0.05, 0) is 38.2 Å². The van der Waals surface area contributed by atoms with Crippen LogP contribution < -0.4 is 0 Å². The fourth-order valence-electron chi connectivity index (χ4n) is 1.39. The van der Waals surface area contributed by atoms with E-state index in [1.807, 2.05) is 20.8 Å². The Balaban J connectivity index is 5.73. The summed E-state index contributed by atoms with van der Waals surface area (Å²) < 4.78 is 9.81. The smallest absolute Gasteiger partial charge is 0.389 e. The number of ether oxygens (including phenoxy) is 2. The van der Waals surface area contributed by atoms with Gasteiger partial charge in [0.25, 0.3) is 0 Å². The van der Waals surface area contributed by atoms with Gasteiger partial charge in [-0.15, -0.1) is 0 Å². The Kier molecular flexibility index (Phi) is 12.3. The van der Waals surface area contributed by atoms with Gasteiger partial charge in [0.05, 0.1) is 12.5 Å². The molecule has 1 unspecified atom stereocenters. The molecule has 6 heteroatoms. The van der Waals surface area contributed by atoms with E-state index < -0.39 is 17.6 Å². The highest BCUT2D eigenvalue weighted by Crippen LogP contribution is 2.15. The van der Waals surface area contributed by atoms with Gasteiger partial charge >= 0.3 is 17.6 Å². The number of carbonyl (C=O) groups is 2. The van der Waals surface area contributed by atoms with Crippen LogP contribution in [-0.4, -0.2) is 30.0 Å². The van der Waals surface area contributed by atoms with Crippen molar-refractivity contribution in [2.45, 2.75) is 59.0 Å². The van der Waals surface area contributed by atoms with Crippen molar-refractivity contribution in [1.82, 2.24) is 0 Å². The highest BCUT2D eigenvalue weighted by molar-refractivity contribution is 5.94. The second-order valence-corrected chi connectivity index (χ2v) is 4.80. The van der Waals surface area contributed by atoms with Gasteiger partial charge < -0.3 is 9.47 Å². The SMILES string of the molecule is CC=COC(=O)C(C#CC(=O)OC=CCC)(N=CCC)N=CCCC. The number of hydrogen-bond acceptors (Lipinski definition) is 6. The number of unbranched alkanes of at least 4 members (excludes halogenated alkanes) is 1. The lowest BCUT2D eigenvalue weighted by molar-refractivity contribution is -0.141. The van der Waals surface area contributed by atoms with Crippen LogP contribution >= 0.6 is 0 Å². The van der Waals surface area contributed by atoms with E-state index in [1.54, 1.807) is 25.3 Å². The van der Waals surface area contributed by atoms with Crippen molar-refractivity contribution in [1.29, 1.82) is 0 Å². The Morgan fingerprint density at radius 2 is 1.76 bits per heavy atom. The predicted molar refractivity (Wildman–Crippen MR) is 99.1 cm³/mol. The van der Waals surface area contributed by atoms with Gasteiger partial charge in [-0.25, -0.2) is 19.6 Å². The lowest BCUT2D eigenvalue weighted by Crippen LogP contribution is -2.35. The van der Waals surface area contributed by atoms with E-state index in [0.29, 0.717) is 12.8 Å². The molecule has 25 heavy (non-hydrogen) atoms. The summed E-state index contributed by atoms with van der Waals surface area (Å²) in [6.07, 6.45) is 11.6. The molecule has 0 aliphatic rings. The number of hydrogen-bond donors (Lipinski definition) is 0. The normalized spacial score (nSPS) is 13.9. The summed E-state index contributed by atoms with van der Waals surface area (Å²) in [7, 11) is 0. The zero-order chi connectivity index (χ0) is 19.0. The fourth-order valence-corrected chi connectivity index (χ4v) is 1.39. The van der Waals surface area contributed by atoms with Gasteiger partial charge in [-0.2, -0.15) is 0 Å². The van der Waals surface area contributed by atoms with E-state index in [-0.39, 0.29) is 0 Å². The van der Waals surface area contributed by atoms with Crippen molar-refractivity contribution in [2.24, 2.45) is 9.98 Å². The number of allylic oxidation sites excluding steroid dienone is 2. The third-order valence-electron chi connectivity index (χ3n) is 2.60.